The van der Waals surface area contributed by atoms with E-state index in [1.165, 1.54) is 7.11 Å². The molecule has 3 rings (SSSR count). The molecule has 1 aromatic carbocycles. The molecule has 1 amide bonds. The van der Waals surface area contributed by atoms with Crippen molar-refractivity contribution in [2.24, 2.45) is 0 Å². The summed E-state index contributed by atoms with van der Waals surface area (Å²) in [6.07, 6.45) is 4.33. The molecule has 1 saturated carbocycles. The average Bonchev–Trinajstić information content (AvgIpc) is 3.06. The van der Waals surface area contributed by atoms with Gasteiger partial charge in [0.15, 0.2) is 5.82 Å². The van der Waals surface area contributed by atoms with Crippen LogP contribution in [0.4, 0.5) is 4.79 Å². The van der Waals surface area contributed by atoms with Gasteiger partial charge < -0.3 is 10.1 Å². The number of carbonyl (C=O) groups excluding carboxylic acids is 1. The fraction of sp³-hybridized carbons (Fsp3) is 0.500. The van der Waals surface area contributed by atoms with Gasteiger partial charge in [0.2, 0.25) is 0 Å². The maximum absolute atomic E-state index is 11.9. The Bertz CT molecular complexity index is 691. The standard InChI is InChI=1S/C16H21N5O2/c1-12-8-4-5-9-13(12)21-14(18-19-20-21)16(17-15(22)23-2)10-6-3-7-11-16/h4-5,8-9H,3,6-7,10-11H2,1-2H3,(H,17,22). The van der Waals surface area contributed by atoms with E-state index in [1.807, 2.05) is 31.2 Å². The van der Waals surface area contributed by atoms with Crippen LogP contribution in [0, 0.1) is 6.92 Å². The van der Waals surface area contributed by atoms with Gasteiger partial charge >= 0.3 is 6.09 Å². The summed E-state index contributed by atoms with van der Waals surface area (Å²) in [6.45, 7) is 2.02. The van der Waals surface area contributed by atoms with E-state index >= 15 is 0 Å². The van der Waals surface area contributed by atoms with E-state index in [0.717, 1.165) is 43.4 Å². The molecule has 1 heterocycles. The fourth-order valence-corrected chi connectivity index (χ4v) is 3.26. The van der Waals surface area contributed by atoms with Crippen LogP contribution in [0.5, 0.6) is 0 Å². The Kier molecular flexibility index (Phi) is 4.27. The minimum atomic E-state index is -0.586. The van der Waals surface area contributed by atoms with Crippen molar-refractivity contribution in [1.29, 1.82) is 0 Å². The molecule has 1 aliphatic carbocycles. The van der Waals surface area contributed by atoms with Gasteiger partial charge in [-0.3, -0.25) is 0 Å². The van der Waals surface area contributed by atoms with E-state index in [9.17, 15) is 4.79 Å². The second kappa shape index (κ2) is 6.36. The SMILES string of the molecule is COC(=O)NC1(c2nnnn2-c2ccccc2C)CCCCC1. The number of rotatable bonds is 3. The first-order valence-electron chi connectivity index (χ1n) is 7.87. The molecule has 0 radical (unpaired) electrons. The van der Waals surface area contributed by atoms with Gasteiger partial charge in [-0.25, -0.2) is 4.79 Å². The van der Waals surface area contributed by atoms with Crippen LogP contribution < -0.4 is 5.32 Å². The van der Waals surface area contributed by atoms with Crippen molar-refractivity contribution in [2.45, 2.75) is 44.6 Å². The Balaban J connectivity index is 2.06. The molecular formula is C16H21N5O2. The minimum absolute atomic E-state index is 0.453. The molecule has 0 bridgehead atoms. The van der Waals surface area contributed by atoms with Crippen molar-refractivity contribution >= 4 is 6.09 Å². The van der Waals surface area contributed by atoms with Crippen LogP contribution >= 0.6 is 0 Å². The number of para-hydroxylation sites is 1. The lowest BCUT2D eigenvalue weighted by atomic mass is 9.81. The quantitative estimate of drug-likeness (QED) is 0.941. The number of carbonyl (C=O) groups is 1. The van der Waals surface area contributed by atoms with Crippen LogP contribution in [0.25, 0.3) is 5.69 Å². The lowest BCUT2D eigenvalue weighted by Crippen LogP contribution is -2.49. The second-order valence-corrected chi connectivity index (χ2v) is 5.96. The van der Waals surface area contributed by atoms with Gasteiger partial charge in [0.25, 0.3) is 0 Å². The molecule has 23 heavy (non-hydrogen) atoms. The zero-order valence-corrected chi connectivity index (χ0v) is 13.5. The number of aryl methyl sites for hydroxylation is 1. The van der Waals surface area contributed by atoms with E-state index in [4.69, 9.17) is 4.74 Å². The molecule has 7 nitrogen and oxygen atoms in total. The average molecular weight is 315 g/mol. The number of tetrazole rings is 1. The third-order valence-electron chi connectivity index (χ3n) is 4.48. The molecule has 0 saturated heterocycles. The van der Waals surface area contributed by atoms with Gasteiger partial charge in [0.1, 0.15) is 5.54 Å². The number of nitrogens with one attached hydrogen (secondary N) is 1. The van der Waals surface area contributed by atoms with Gasteiger partial charge in [-0.2, -0.15) is 4.68 Å². The Morgan fingerprint density at radius 3 is 2.70 bits per heavy atom. The predicted octanol–water partition coefficient (Wildman–Crippen LogP) is 2.49. The molecule has 0 unspecified atom stereocenters. The van der Waals surface area contributed by atoms with Crippen molar-refractivity contribution in [1.82, 2.24) is 25.5 Å². The van der Waals surface area contributed by atoms with Crippen LogP contribution in [0.2, 0.25) is 0 Å². The van der Waals surface area contributed by atoms with Gasteiger partial charge in [0.05, 0.1) is 12.8 Å². The minimum Gasteiger partial charge on any atom is -0.453 e. The number of alkyl carbamates (subject to hydrolysis) is 1. The number of aromatic nitrogens is 4. The van der Waals surface area contributed by atoms with Crippen LogP contribution in [0.1, 0.15) is 43.5 Å². The molecule has 7 heteroatoms. The largest absolute Gasteiger partial charge is 0.453 e. The van der Waals surface area contributed by atoms with Crippen molar-refractivity contribution in [2.75, 3.05) is 7.11 Å². The molecule has 1 fully saturated rings. The number of hydrogen-bond donors (Lipinski definition) is 1. The normalized spacial score (nSPS) is 16.8. The van der Waals surface area contributed by atoms with E-state index in [1.54, 1.807) is 4.68 Å². The number of hydrogen-bond acceptors (Lipinski definition) is 5. The maximum atomic E-state index is 11.9. The summed E-state index contributed by atoms with van der Waals surface area (Å²) in [5, 5.41) is 15.3. The molecule has 0 atom stereocenters. The van der Waals surface area contributed by atoms with Crippen LogP contribution in [0.15, 0.2) is 24.3 Å². The highest BCUT2D eigenvalue weighted by molar-refractivity contribution is 5.68. The highest BCUT2D eigenvalue weighted by atomic mass is 16.5. The first-order chi connectivity index (χ1) is 11.2. The summed E-state index contributed by atoms with van der Waals surface area (Å²) in [6, 6.07) is 7.92. The van der Waals surface area contributed by atoms with Crippen LogP contribution in [0.3, 0.4) is 0 Å². The monoisotopic (exact) mass is 315 g/mol. The second-order valence-electron chi connectivity index (χ2n) is 5.96. The zero-order chi connectivity index (χ0) is 16.3. The van der Waals surface area contributed by atoms with E-state index in [0.29, 0.717) is 5.82 Å². The molecule has 1 aromatic heterocycles. The Morgan fingerprint density at radius 1 is 1.26 bits per heavy atom. The molecule has 1 N–H and O–H groups in total. The third kappa shape index (κ3) is 2.91. The number of methoxy groups -OCH3 is 1. The first kappa shape index (κ1) is 15.5. The molecular weight excluding hydrogens is 294 g/mol. The third-order valence-corrected chi connectivity index (χ3v) is 4.48. The van der Waals surface area contributed by atoms with E-state index < -0.39 is 11.6 Å². The van der Waals surface area contributed by atoms with Crippen molar-refractivity contribution in [3.8, 4) is 5.69 Å². The van der Waals surface area contributed by atoms with Crippen molar-refractivity contribution in [3.63, 3.8) is 0 Å². The highest BCUT2D eigenvalue weighted by Gasteiger charge is 2.41. The molecule has 2 aromatic rings. The summed E-state index contributed by atoms with van der Waals surface area (Å²) >= 11 is 0. The van der Waals surface area contributed by atoms with Crippen LogP contribution in [-0.2, 0) is 10.3 Å². The first-order valence-corrected chi connectivity index (χ1v) is 7.87. The topological polar surface area (TPSA) is 81.9 Å². The molecule has 1 aliphatic rings. The smallest absolute Gasteiger partial charge is 0.407 e. The summed E-state index contributed by atoms with van der Waals surface area (Å²) in [7, 11) is 1.37. The fourth-order valence-electron chi connectivity index (χ4n) is 3.26. The number of benzene rings is 1. The van der Waals surface area contributed by atoms with E-state index in [2.05, 4.69) is 20.8 Å². The highest BCUT2D eigenvalue weighted by Crippen LogP contribution is 2.36. The predicted molar refractivity (Wildman–Crippen MR) is 84.2 cm³/mol. The summed E-state index contributed by atoms with van der Waals surface area (Å²) in [5.74, 6) is 0.664. The number of ether oxygens (including phenoxy) is 1. The van der Waals surface area contributed by atoms with Gasteiger partial charge in [-0.05, 0) is 41.8 Å². The zero-order valence-electron chi connectivity index (χ0n) is 13.5. The maximum Gasteiger partial charge on any atom is 0.407 e. The molecule has 0 spiro atoms. The Hall–Kier alpha value is -2.44. The van der Waals surface area contributed by atoms with Gasteiger partial charge in [-0.1, -0.05) is 37.5 Å². The molecule has 122 valence electrons. The Labute approximate surface area is 135 Å². The summed E-state index contributed by atoms with van der Waals surface area (Å²) in [4.78, 5) is 11.9. The number of nitrogens with zero attached hydrogens (tertiary/aromatic N) is 4. The lowest BCUT2D eigenvalue weighted by molar-refractivity contribution is 0.139. The van der Waals surface area contributed by atoms with Crippen molar-refractivity contribution < 1.29 is 9.53 Å². The molecule has 0 aliphatic heterocycles. The summed E-state index contributed by atoms with van der Waals surface area (Å²) in [5.41, 5.74) is 1.41. The summed E-state index contributed by atoms with van der Waals surface area (Å²) < 4.78 is 6.55. The van der Waals surface area contributed by atoms with E-state index in [-0.39, 0.29) is 0 Å². The Morgan fingerprint density at radius 2 is 2.00 bits per heavy atom. The van der Waals surface area contributed by atoms with Crippen molar-refractivity contribution in [3.05, 3.63) is 35.7 Å². The number of amides is 1. The van der Waals surface area contributed by atoms with Gasteiger partial charge in [-0.15, -0.1) is 5.10 Å². The lowest BCUT2D eigenvalue weighted by Gasteiger charge is -2.36. The van der Waals surface area contributed by atoms with Gasteiger partial charge in [0, 0.05) is 0 Å². The van der Waals surface area contributed by atoms with Crippen LogP contribution in [-0.4, -0.2) is 33.4 Å².